The van der Waals surface area contributed by atoms with E-state index in [2.05, 4.69) is 17.5 Å². The average molecular weight is 577 g/mol. The van der Waals surface area contributed by atoms with E-state index < -0.39 is 0 Å². The van der Waals surface area contributed by atoms with Crippen LogP contribution in [0.3, 0.4) is 0 Å². The number of aldehydes is 1. The van der Waals surface area contributed by atoms with Crippen LogP contribution in [0.15, 0.2) is 48.5 Å². The number of hydrogen-bond donors (Lipinski definition) is 3. The van der Waals surface area contributed by atoms with Gasteiger partial charge in [0, 0.05) is 63.5 Å². The molecule has 1 atom stereocenters. The largest absolute Gasteiger partial charge is 0.355 e. The van der Waals surface area contributed by atoms with Crippen molar-refractivity contribution in [3.05, 3.63) is 82.0 Å². The van der Waals surface area contributed by atoms with E-state index in [9.17, 15) is 14.9 Å². The molecular formula is C33H36N8O2. The fraction of sp³-hybridized carbons (Fsp3) is 0.333. The third-order valence-corrected chi connectivity index (χ3v) is 8.20. The van der Waals surface area contributed by atoms with Crippen molar-refractivity contribution in [1.82, 2.24) is 20.1 Å². The molecule has 3 aromatic rings. The molecule has 5 rings (SSSR count). The number of aromatic nitrogens is 1. The van der Waals surface area contributed by atoms with Crippen LogP contribution in [0, 0.1) is 22.1 Å². The second-order valence-corrected chi connectivity index (χ2v) is 11.4. The molecule has 1 saturated heterocycles. The minimum absolute atomic E-state index is 0.0980. The Labute approximate surface area is 252 Å². The highest BCUT2D eigenvalue weighted by molar-refractivity contribution is 6.07. The highest BCUT2D eigenvalue weighted by Crippen LogP contribution is 2.41. The molecule has 1 aromatic heterocycles. The molecule has 0 spiro atoms. The summed E-state index contributed by atoms with van der Waals surface area (Å²) in [6.07, 6.45) is 4.86. The zero-order valence-corrected chi connectivity index (χ0v) is 24.7. The fourth-order valence-electron chi connectivity index (χ4n) is 5.39. The summed E-state index contributed by atoms with van der Waals surface area (Å²) in [6.45, 7) is 1.71. The summed E-state index contributed by atoms with van der Waals surface area (Å²) in [5.74, 6) is 1.34. The molecular weight excluding hydrogens is 540 g/mol. The molecule has 0 radical (unpaired) electrons. The van der Waals surface area contributed by atoms with E-state index in [0.717, 1.165) is 72.2 Å². The Bertz CT molecular complexity index is 1620. The number of likely N-dealkylation sites (tertiary alicyclic amines) is 1. The zero-order chi connectivity index (χ0) is 30.7. The maximum atomic E-state index is 12.2. The lowest BCUT2D eigenvalue weighted by Crippen LogP contribution is -2.36. The Kier molecular flexibility index (Phi) is 8.64. The number of carbonyl (C=O) groups is 2. The lowest BCUT2D eigenvalue weighted by atomic mass is 9.96. The number of nitrogens with zero attached hydrogens (tertiary/aromatic N) is 5. The molecule has 2 aromatic carbocycles. The number of rotatable bonds is 11. The predicted molar refractivity (Wildman–Crippen MR) is 167 cm³/mol. The zero-order valence-electron chi connectivity index (χ0n) is 24.7. The lowest BCUT2D eigenvalue weighted by molar-refractivity contribution is -0.128. The van der Waals surface area contributed by atoms with Gasteiger partial charge in [0.1, 0.15) is 17.9 Å². The second kappa shape index (κ2) is 12.5. The van der Waals surface area contributed by atoms with Gasteiger partial charge in [0.15, 0.2) is 0 Å². The Balaban J connectivity index is 1.42. The van der Waals surface area contributed by atoms with Crippen LogP contribution in [0.1, 0.15) is 63.5 Å². The van der Waals surface area contributed by atoms with Crippen molar-refractivity contribution in [2.45, 2.75) is 44.3 Å². The molecule has 1 aliphatic heterocycles. The number of carbonyl (C=O) groups excluding carboxylic acids is 2. The third-order valence-electron chi connectivity index (χ3n) is 8.20. The molecule has 1 saturated carbocycles. The van der Waals surface area contributed by atoms with Gasteiger partial charge in [0.05, 0.1) is 24.0 Å². The van der Waals surface area contributed by atoms with Crippen molar-refractivity contribution in [3.63, 3.8) is 0 Å². The van der Waals surface area contributed by atoms with E-state index in [1.165, 1.54) is 4.90 Å². The standard InChI is InChI=1S/C33H36N8O2/c1-39-11-10-29(33(39)43)37-17-22-4-6-24(26(12-22)19-42)18-40(2)31-15-25(14-30(38-31)23-7-8-23)27-9-5-21(16-34)13-28(27)32(36)41(3)20-35/h4-6,9,12-15,19-20,23,29,35-37H,7-8,10-11,17-18H2,1-3H3. The van der Waals surface area contributed by atoms with Crippen LogP contribution >= 0.6 is 0 Å². The van der Waals surface area contributed by atoms with E-state index in [1.54, 1.807) is 24.1 Å². The first-order chi connectivity index (χ1) is 20.7. The summed E-state index contributed by atoms with van der Waals surface area (Å²) in [5, 5.41) is 29.1. The molecule has 43 heavy (non-hydrogen) atoms. The number of likely N-dealkylation sites (N-methyl/N-ethyl adjacent to an activating group) is 1. The topological polar surface area (TPSA) is 140 Å². The molecule has 3 N–H and O–H groups in total. The summed E-state index contributed by atoms with van der Waals surface area (Å²) in [6, 6.07) is 17.1. The first-order valence-electron chi connectivity index (χ1n) is 14.4. The van der Waals surface area contributed by atoms with Gasteiger partial charge in [0.2, 0.25) is 5.91 Å². The van der Waals surface area contributed by atoms with Crippen LogP contribution in [0.2, 0.25) is 0 Å². The predicted octanol–water partition coefficient (Wildman–Crippen LogP) is 4.13. The van der Waals surface area contributed by atoms with Gasteiger partial charge in [-0.2, -0.15) is 5.26 Å². The van der Waals surface area contributed by atoms with Gasteiger partial charge in [-0.25, -0.2) is 4.98 Å². The molecule has 2 aliphatic rings. The average Bonchev–Trinajstić information content (AvgIpc) is 3.84. The van der Waals surface area contributed by atoms with E-state index in [4.69, 9.17) is 15.8 Å². The summed E-state index contributed by atoms with van der Waals surface area (Å²) in [4.78, 5) is 34.5. The summed E-state index contributed by atoms with van der Waals surface area (Å²) in [7, 11) is 5.39. The highest BCUT2D eigenvalue weighted by atomic mass is 16.2. The van der Waals surface area contributed by atoms with Gasteiger partial charge in [-0.1, -0.05) is 18.2 Å². The number of nitrogens with one attached hydrogen (secondary N) is 3. The lowest BCUT2D eigenvalue weighted by Gasteiger charge is -2.23. The minimum Gasteiger partial charge on any atom is -0.355 e. The fourth-order valence-corrected chi connectivity index (χ4v) is 5.39. The maximum Gasteiger partial charge on any atom is 0.239 e. The van der Waals surface area contributed by atoms with E-state index in [-0.39, 0.29) is 17.8 Å². The van der Waals surface area contributed by atoms with E-state index >= 15 is 0 Å². The Hall–Kier alpha value is -4.88. The Morgan fingerprint density at radius 2 is 1.95 bits per heavy atom. The van der Waals surface area contributed by atoms with E-state index in [1.807, 2.05) is 49.3 Å². The van der Waals surface area contributed by atoms with Crippen LogP contribution in [0.4, 0.5) is 5.82 Å². The monoisotopic (exact) mass is 576 g/mol. The molecule has 0 bridgehead atoms. The van der Waals surface area contributed by atoms with Gasteiger partial charge < -0.3 is 20.0 Å². The van der Waals surface area contributed by atoms with Crippen molar-refractivity contribution >= 4 is 30.2 Å². The summed E-state index contributed by atoms with van der Waals surface area (Å²) >= 11 is 0. The first kappa shape index (κ1) is 29.6. The van der Waals surface area contributed by atoms with Gasteiger partial charge in [-0.05, 0) is 71.8 Å². The summed E-state index contributed by atoms with van der Waals surface area (Å²) < 4.78 is 0. The molecule has 1 amide bonds. The molecule has 2 heterocycles. The smallest absolute Gasteiger partial charge is 0.239 e. The van der Waals surface area contributed by atoms with Crippen LogP contribution in [-0.4, -0.2) is 72.9 Å². The van der Waals surface area contributed by atoms with E-state index in [0.29, 0.717) is 35.7 Å². The highest BCUT2D eigenvalue weighted by Gasteiger charge is 2.29. The number of benzene rings is 2. The normalized spacial score (nSPS) is 16.1. The van der Waals surface area contributed by atoms with Crippen molar-refractivity contribution in [1.29, 1.82) is 16.1 Å². The minimum atomic E-state index is -0.194. The number of amides is 1. The summed E-state index contributed by atoms with van der Waals surface area (Å²) in [5.41, 5.74) is 6.05. The van der Waals surface area contributed by atoms with Gasteiger partial charge >= 0.3 is 0 Å². The van der Waals surface area contributed by atoms with Crippen LogP contribution in [0.25, 0.3) is 11.1 Å². The van der Waals surface area contributed by atoms with Crippen molar-refractivity contribution in [2.75, 3.05) is 32.6 Å². The third kappa shape index (κ3) is 6.47. The second-order valence-electron chi connectivity index (χ2n) is 11.4. The van der Waals surface area contributed by atoms with Crippen LogP contribution in [-0.2, 0) is 17.9 Å². The van der Waals surface area contributed by atoms with Crippen LogP contribution in [0.5, 0.6) is 0 Å². The van der Waals surface area contributed by atoms with Gasteiger partial charge in [-0.15, -0.1) is 0 Å². The Morgan fingerprint density at radius 3 is 2.60 bits per heavy atom. The van der Waals surface area contributed by atoms with Crippen molar-refractivity contribution in [2.24, 2.45) is 0 Å². The van der Waals surface area contributed by atoms with Gasteiger partial charge in [-0.3, -0.25) is 20.4 Å². The molecule has 220 valence electrons. The SMILES string of the molecule is CN(C=N)C(=N)c1cc(C#N)ccc1-c1cc(C2CC2)nc(N(C)Cc2ccc(CNC3CCN(C)C3=O)cc2C=O)c1. The number of hydrogen-bond acceptors (Lipinski definition) is 8. The van der Waals surface area contributed by atoms with Gasteiger partial charge in [0.25, 0.3) is 0 Å². The number of anilines is 1. The van der Waals surface area contributed by atoms with Crippen LogP contribution < -0.4 is 10.2 Å². The molecule has 1 unspecified atom stereocenters. The molecule has 1 aliphatic carbocycles. The quantitative estimate of drug-likeness (QED) is 0.177. The molecule has 10 nitrogen and oxygen atoms in total. The molecule has 2 fully saturated rings. The first-order valence-corrected chi connectivity index (χ1v) is 14.4. The maximum absolute atomic E-state index is 12.2. The van der Waals surface area contributed by atoms with Crippen molar-refractivity contribution < 1.29 is 9.59 Å². The molecule has 10 heteroatoms. The number of pyridine rings is 1. The Morgan fingerprint density at radius 1 is 1.16 bits per heavy atom. The number of amidine groups is 1. The number of nitriles is 1. The van der Waals surface area contributed by atoms with Crippen molar-refractivity contribution in [3.8, 4) is 17.2 Å².